The van der Waals surface area contributed by atoms with Gasteiger partial charge in [-0.05, 0) is 36.8 Å². The molecule has 3 N–H and O–H groups in total. The van der Waals surface area contributed by atoms with Crippen molar-refractivity contribution in [3.63, 3.8) is 0 Å². The topological polar surface area (TPSA) is 78.4 Å². The summed E-state index contributed by atoms with van der Waals surface area (Å²) in [5.41, 5.74) is 1.40. The fourth-order valence-electron chi connectivity index (χ4n) is 1.91. The Morgan fingerprint density at radius 2 is 1.81 bits per heavy atom. The van der Waals surface area contributed by atoms with Crippen LogP contribution in [0.15, 0.2) is 42.5 Å². The minimum absolute atomic E-state index is 0.0683. The number of rotatable bonds is 3. The first-order chi connectivity index (χ1) is 9.97. The summed E-state index contributed by atoms with van der Waals surface area (Å²) in [6.07, 6.45) is 0. The van der Waals surface area contributed by atoms with E-state index in [1.54, 1.807) is 43.3 Å². The van der Waals surface area contributed by atoms with E-state index in [1.165, 1.54) is 6.07 Å². The zero-order valence-electron chi connectivity index (χ0n) is 11.2. The van der Waals surface area contributed by atoms with Gasteiger partial charge in [0.05, 0.1) is 11.3 Å². The van der Waals surface area contributed by atoms with Crippen LogP contribution in [0.25, 0.3) is 0 Å². The molecule has 6 heteroatoms. The van der Waals surface area contributed by atoms with E-state index >= 15 is 0 Å². The molecule has 2 amide bonds. The molecule has 0 aromatic heterocycles. The number of carboxylic acid groups (broad SMARTS) is 1. The van der Waals surface area contributed by atoms with Crippen LogP contribution in [-0.2, 0) is 0 Å². The zero-order chi connectivity index (χ0) is 15.4. The molecule has 0 unspecified atom stereocenters. The number of carboxylic acids is 1. The van der Waals surface area contributed by atoms with Crippen LogP contribution in [0.4, 0.5) is 16.2 Å². The van der Waals surface area contributed by atoms with Crippen molar-refractivity contribution in [3.8, 4) is 0 Å². The molecule has 0 saturated heterocycles. The van der Waals surface area contributed by atoms with Gasteiger partial charge in [-0.3, -0.25) is 0 Å². The Hall–Kier alpha value is -2.53. The first kappa shape index (κ1) is 14.9. The van der Waals surface area contributed by atoms with E-state index in [9.17, 15) is 14.7 Å². The largest absolute Gasteiger partial charge is 0.478 e. The lowest BCUT2D eigenvalue weighted by atomic mass is 10.1. The van der Waals surface area contributed by atoms with Crippen molar-refractivity contribution in [1.82, 2.24) is 0 Å². The molecule has 0 saturated carbocycles. The van der Waals surface area contributed by atoms with E-state index in [-0.39, 0.29) is 11.3 Å². The Labute approximate surface area is 126 Å². The van der Waals surface area contributed by atoms with Gasteiger partial charge in [0.25, 0.3) is 0 Å². The molecule has 0 aliphatic carbocycles. The summed E-state index contributed by atoms with van der Waals surface area (Å²) in [5, 5.41) is 14.8. The lowest BCUT2D eigenvalue weighted by molar-refractivity contribution is 0.0697. The number of nitrogens with one attached hydrogen (secondary N) is 2. The number of anilines is 2. The third kappa shape index (κ3) is 3.73. The van der Waals surface area contributed by atoms with Crippen molar-refractivity contribution in [2.45, 2.75) is 6.92 Å². The molecule has 5 nitrogen and oxygen atoms in total. The highest BCUT2D eigenvalue weighted by atomic mass is 35.5. The van der Waals surface area contributed by atoms with Gasteiger partial charge < -0.3 is 15.7 Å². The molecule has 2 aromatic carbocycles. The van der Waals surface area contributed by atoms with E-state index < -0.39 is 12.0 Å². The predicted octanol–water partition coefficient (Wildman–Crippen LogP) is 3.99. The number of carbonyl (C=O) groups is 2. The monoisotopic (exact) mass is 304 g/mol. The number of hydrogen-bond acceptors (Lipinski definition) is 2. The second-order valence-electron chi connectivity index (χ2n) is 4.39. The van der Waals surface area contributed by atoms with Gasteiger partial charge in [0.1, 0.15) is 0 Å². The van der Waals surface area contributed by atoms with Crippen molar-refractivity contribution >= 4 is 35.0 Å². The molecule has 0 fully saturated rings. The molecular formula is C15H13ClN2O3. The van der Waals surface area contributed by atoms with Crippen LogP contribution < -0.4 is 10.6 Å². The third-order valence-electron chi connectivity index (χ3n) is 2.82. The van der Waals surface area contributed by atoms with Crippen molar-refractivity contribution in [1.29, 1.82) is 0 Å². The second kappa shape index (κ2) is 6.28. The number of aryl methyl sites for hydroxylation is 1. The molecule has 0 spiro atoms. The van der Waals surface area contributed by atoms with Gasteiger partial charge in [-0.1, -0.05) is 29.8 Å². The summed E-state index contributed by atoms with van der Waals surface area (Å²) in [6.45, 7) is 1.67. The highest BCUT2D eigenvalue weighted by molar-refractivity contribution is 6.30. The quantitative estimate of drug-likeness (QED) is 0.802. The van der Waals surface area contributed by atoms with E-state index in [0.29, 0.717) is 16.3 Å². The van der Waals surface area contributed by atoms with Crippen molar-refractivity contribution in [3.05, 3.63) is 58.6 Å². The molecule has 108 valence electrons. The fourth-order valence-corrected chi connectivity index (χ4v) is 2.10. The van der Waals surface area contributed by atoms with E-state index in [4.69, 9.17) is 11.6 Å². The minimum Gasteiger partial charge on any atom is -0.478 e. The van der Waals surface area contributed by atoms with Crippen LogP contribution >= 0.6 is 11.6 Å². The van der Waals surface area contributed by atoms with Crippen LogP contribution in [0, 0.1) is 6.92 Å². The highest BCUT2D eigenvalue weighted by Crippen LogP contribution is 2.20. The molecule has 2 rings (SSSR count). The Bertz CT molecular complexity index is 701. The van der Waals surface area contributed by atoms with Gasteiger partial charge in [0.15, 0.2) is 0 Å². The molecule has 2 aromatic rings. The second-order valence-corrected chi connectivity index (χ2v) is 4.83. The van der Waals surface area contributed by atoms with Gasteiger partial charge >= 0.3 is 12.0 Å². The molecule has 0 aliphatic heterocycles. The average molecular weight is 305 g/mol. The maximum Gasteiger partial charge on any atom is 0.338 e. The number of urea groups is 1. The number of halogens is 1. The number of amides is 2. The molecule has 0 atom stereocenters. The Morgan fingerprint density at radius 1 is 1.10 bits per heavy atom. The molecular weight excluding hydrogens is 292 g/mol. The summed E-state index contributed by atoms with van der Waals surface area (Å²) in [6, 6.07) is 11.0. The number of carbonyl (C=O) groups excluding carboxylic acids is 1. The summed E-state index contributed by atoms with van der Waals surface area (Å²) >= 11 is 5.83. The normalized spacial score (nSPS) is 10.0. The lowest BCUT2D eigenvalue weighted by Crippen LogP contribution is -2.21. The van der Waals surface area contributed by atoms with Crippen LogP contribution in [-0.4, -0.2) is 17.1 Å². The maximum atomic E-state index is 11.9. The average Bonchev–Trinajstić information content (AvgIpc) is 2.37. The molecule has 0 aliphatic rings. The zero-order valence-corrected chi connectivity index (χ0v) is 11.9. The van der Waals surface area contributed by atoms with E-state index in [1.807, 2.05) is 0 Å². The fraction of sp³-hybridized carbons (Fsp3) is 0.0667. The van der Waals surface area contributed by atoms with Gasteiger partial charge in [-0.15, -0.1) is 0 Å². The Kier molecular flexibility index (Phi) is 4.45. The SMILES string of the molecule is Cc1cccc(NC(=O)Nc2cccc(Cl)c2)c1C(=O)O. The standard InChI is InChI=1S/C15H13ClN2O3/c1-9-4-2-7-12(13(9)14(19)20)18-15(21)17-11-6-3-5-10(16)8-11/h2-8H,1H3,(H,19,20)(H2,17,18,21). The van der Waals surface area contributed by atoms with Crippen molar-refractivity contribution in [2.24, 2.45) is 0 Å². The van der Waals surface area contributed by atoms with Gasteiger partial charge in [-0.2, -0.15) is 0 Å². The number of hydrogen-bond donors (Lipinski definition) is 3. The Balaban J connectivity index is 2.17. The predicted molar refractivity (Wildman–Crippen MR) is 82.2 cm³/mol. The van der Waals surface area contributed by atoms with E-state index in [0.717, 1.165) is 0 Å². The number of aromatic carboxylic acids is 1. The van der Waals surface area contributed by atoms with Crippen LogP contribution in [0.5, 0.6) is 0 Å². The first-order valence-corrected chi connectivity index (χ1v) is 6.51. The Morgan fingerprint density at radius 3 is 2.48 bits per heavy atom. The van der Waals surface area contributed by atoms with Crippen LogP contribution in [0.3, 0.4) is 0 Å². The molecule has 0 radical (unpaired) electrons. The minimum atomic E-state index is -1.09. The van der Waals surface area contributed by atoms with E-state index in [2.05, 4.69) is 10.6 Å². The summed E-state index contributed by atoms with van der Waals surface area (Å²) in [7, 11) is 0. The summed E-state index contributed by atoms with van der Waals surface area (Å²) < 4.78 is 0. The van der Waals surface area contributed by atoms with Crippen LogP contribution in [0.1, 0.15) is 15.9 Å². The summed E-state index contributed by atoms with van der Waals surface area (Å²) in [5.74, 6) is -1.09. The number of benzene rings is 2. The molecule has 0 bridgehead atoms. The van der Waals surface area contributed by atoms with Gasteiger partial charge in [-0.25, -0.2) is 9.59 Å². The molecule has 0 heterocycles. The van der Waals surface area contributed by atoms with Crippen molar-refractivity contribution < 1.29 is 14.7 Å². The molecule has 21 heavy (non-hydrogen) atoms. The smallest absolute Gasteiger partial charge is 0.338 e. The lowest BCUT2D eigenvalue weighted by Gasteiger charge is -2.11. The van der Waals surface area contributed by atoms with Crippen molar-refractivity contribution in [2.75, 3.05) is 10.6 Å². The summed E-state index contributed by atoms with van der Waals surface area (Å²) in [4.78, 5) is 23.2. The highest BCUT2D eigenvalue weighted by Gasteiger charge is 2.14. The maximum absolute atomic E-state index is 11.9. The van der Waals surface area contributed by atoms with Gasteiger partial charge in [0.2, 0.25) is 0 Å². The van der Waals surface area contributed by atoms with Gasteiger partial charge in [0, 0.05) is 10.7 Å². The van der Waals surface area contributed by atoms with Crippen LogP contribution in [0.2, 0.25) is 5.02 Å². The first-order valence-electron chi connectivity index (χ1n) is 6.14. The third-order valence-corrected chi connectivity index (χ3v) is 3.05.